The Kier molecular flexibility index (Phi) is 4.85. The van der Waals surface area contributed by atoms with Crippen LogP contribution in [0.2, 0.25) is 0 Å². The Morgan fingerprint density at radius 1 is 1.29 bits per heavy atom. The molecule has 4 nitrogen and oxygen atoms in total. The standard InChI is InChI=1S/C16H17NO3S/c1-4-9-17-15(18)14(21-16(17)19)10-12-5-7-13(8-6-12)20-11(2)3/h4-8,10-11H,1,9H2,2-3H3. The molecule has 0 saturated carbocycles. The van der Waals surface area contributed by atoms with E-state index in [1.807, 2.05) is 38.1 Å². The third-order valence-electron chi connectivity index (χ3n) is 2.73. The van der Waals surface area contributed by atoms with E-state index < -0.39 is 0 Å². The highest BCUT2D eigenvalue weighted by Gasteiger charge is 2.33. The van der Waals surface area contributed by atoms with Crippen LogP contribution in [0.4, 0.5) is 4.79 Å². The van der Waals surface area contributed by atoms with Crippen molar-refractivity contribution in [2.45, 2.75) is 20.0 Å². The highest BCUT2D eigenvalue weighted by Crippen LogP contribution is 2.32. The first kappa shape index (κ1) is 15.4. The van der Waals surface area contributed by atoms with Crippen LogP contribution in [0.3, 0.4) is 0 Å². The summed E-state index contributed by atoms with van der Waals surface area (Å²) in [6.07, 6.45) is 3.37. The lowest BCUT2D eigenvalue weighted by atomic mass is 10.2. The van der Waals surface area contributed by atoms with Crippen LogP contribution in [0.5, 0.6) is 5.75 Å². The molecule has 1 aromatic rings. The molecule has 0 bridgehead atoms. The van der Waals surface area contributed by atoms with Crippen LogP contribution in [0.15, 0.2) is 41.8 Å². The number of carbonyl (C=O) groups excluding carboxylic acids is 2. The Bertz CT molecular complexity index is 590. The zero-order chi connectivity index (χ0) is 15.4. The second-order valence-corrected chi connectivity index (χ2v) is 5.81. The molecule has 1 aromatic carbocycles. The average Bonchev–Trinajstić information content (AvgIpc) is 2.69. The van der Waals surface area contributed by atoms with Crippen molar-refractivity contribution in [1.82, 2.24) is 4.90 Å². The van der Waals surface area contributed by atoms with Gasteiger partial charge < -0.3 is 4.74 Å². The van der Waals surface area contributed by atoms with Gasteiger partial charge in [0.25, 0.3) is 11.1 Å². The van der Waals surface area contributed by atoms with Gasteiger partial charge in [0, 0.05) is 6.54 Å². The summed E-state index contributed by atoms with van der Waals surface area (Å²) in [5, 5.41) is -0.258. The lowest BCUT2D eigenvalue weighted by Gasteiger charge is -2.09. The largest absolute Gasteiger partial charge is 0.491 e. The molecule has 110 valence electrons. The Morgan fingerprint density at radius 2 is 1.95 bits per heavy atom. The molecule has 0 radical (unpaired) electrons. The maximum atomic E-state index is 12.1. The fraction of sp³-hybridized carbons (Fsp3) is 0.250. The molecule has 2 rings (SSSR count). The van der Waals surface area contributed by atoms with Crippen LogP contribution >= 0.6 is 11.8 Å². The Balaban J connectivity index is 2.15. The summed E-state index contributed by atoms with van der Waals surface area (Å²) in [5.41, 5.74) is 0.857. The third-order valence-corrected chi connectivity index (χ3v) is 3.64. The molecule has 1 aliphatic heterocycles. The maximum Gasteiger partial charge on any atom is 0.293 e. The molecule has 21 heavy (non-hydrogen) atoms. The van der Waals surface area contributed by atoms with Gasteiger partial charge >= 0.3 is 0 Å². The molecule has 1 heterocycles. The van der Waals surface area contributed by atoms with Gasteiger partial charge in [-0.2, -0.15) is 0 Å². The van der Waals surface area contributed by atoms with Crippen LogP contribution < -0.4 is 4.74 Å². The molecular formula is C16H17NO3S. The molecule has 2 amide bonds. The first-order valence-electron chi connectivity index (χ1n) is 6.64. The number of thioether (sulfide) groups is 1. The SMILES string of the molecule is C=CCN1C(=O)SC(=Cc2ccc(OC(C)C)cc2)C1=O. The minimum atomic E-state index is -0.271. The van der Waals surface area contributed by atoms with Crippen LogP contribution in [0, 0.1) is 0 Å². The van der Waals surface area contributed by atoms with Gasteiger partial charge in [0.05, 0.1) is 11.0 Å². The highest BCUT2D eigenvalue weighted by atomic mass is 32.2. The number of benzene rings is 1. The van der Waals surface area contributed by atoms with Crippen LogP contribution in [0.1, 0.15) is 19.4 Å². The van der Waals surface area contributed by atoms with Crippen molar-refractivity contribution in [3.8, 4) is 5.75 Å². The molecule has 1 aliphatic rings. The molecule has 5 heteroatoms. The van der Waals surface area contributed by atoms with Gasteiger partial charge in [-0.3, -0.25) is 14.5 Å². The van der Waals surface area contributed by atoms with Crippen molar-refractivity contribution in [2.75, 3.05) is 6.54 Å². The Morgan fingerprint density at radius 3 is 2.52 bits per heavy atom. The number of amides is 2. The van der Waals surface area contributed by atoms with Crippen molar-refractivity contribution in [3.05, 3.63) is 47.4 Å². The lowest BCUT2D eigenvalue weighted by molar-refractivity contribution is -0.122. The Labute approximate surface area is 128 Å². The molecule has 0 spiro atoms. The summed E-state index contributed by atoms with van der Waals surface area (Å²) in [4.78, 5) is 25.4. The normalized spacial score (nSPS) is 16.9. The van der Waals surface area contributed by atoms with E-state index in [9.17, 15) is 9.59 Å². The van der Waals surface area contributed by atoms with E-state index in [4.69, 9.17) is 4.74 Å². The van der Waals surface area contributed by atoms with Crippen molar-refractivity contribution in [2.24, 2.45) is 0 Å². The van der Waals surface area contributed by atoms with Gasteiger partial charge in [0.15, 0.2) is 0 Å². The lowest BCUT2D eigenvalue weighted by Crippen LogP contribution is -2.27. The van der Waals surface area contributed by atoms with E-state index in [1.54, 1.807) is 6.08 Å². The Hall–Kier alpha value is -2.01. The molecule has 1 saturated heterocycles. The van der Waals surface area contributed by atoms with E-state index in [0.717, 1.165) is 23.1 Å². The monoisotopic (exact) mass is 303 g/mol. The highest BCUT2D eigenvalue weighted by molar-refractivity contribution is 8.18. The number of nitrogens with zero attached hydrogens (tertiary/aromatic N) is 1. The molecule has 0 aliphatic carbocycles. The number of hydrogen-bond donors (Lipinski definition) is 0. The zero-order valence-electron chi connectivity index (χ0n) is 12.0. The van der Waals surface area contributed by atoms with E-state index in [0.29, 0.717) is 4.91 Å². The predicted molar refractivity (Wildman–Crippen MR) is 85.1 cm³/mol. The maximum absolute atomic E-state index is 12.1. The zero-order valence-corrected chi connectivity index (χ0v) is 12.9. The summed E-state index contributed by atoms with van der Waals surface area (Å²) >= 11 is 0.951. The van der Waals surface area contributed by atoms with Gasteiger partial charge in [-0.05, 0) is 49.4 Å². The molecule has 0 aromatic heterocycles. The predicted octanol–water partition coefficient (Wildman–Crippen LogP) is 3.70. The smallest absolute Gasteiger partial charge is 0.293 e. The minimum absolute atomic E-state index is 0.117. The summed E-state index contributed by atoms with van der Waals surface area (Å²) in [5.74, 6) is 0.509. The fourth-order valence-electron chi connectivity index (χ4n) is 1.85. The van der Waals surface area contributed by atoms with Gasteiger partial charge in [-0.25, -0.2) is 0 Å². The molecule has 0 unspecified atom stereocenters. The van der Waals surface area contributed by atoms with Crippen molar-refractivity contribution in [3.63, 3.8) is 0 Å². The number of carbonyl (C=O) groups is 2. The van der Waals surface area contributed by atoms with Crippen LogP contribution in [-0.4, -0.2) is 28.7 Å². The molecule has 0 atom stereocenters. The summed E-state index contributed by atoms with van der Waals surface area (Å²) in [6, 6.07) is 7.41. The average molecular weight is 303 g/mol. The van der Waals surface area contributed by atoms with E-state index in [1.165, 1.54) is 11.0 Å². The summed E-state index contributed by atoms with van der Waals surface area (Å²) in [7, 11) is 0. The number of hydrogen-bond acceptors (Lipinski definition) is 4. The molecule has 1 fully saturated rings. The first-order chi connectivity index (χ1) is 10.0. The molecule has 0 N–H and O–H groups in total. The fourth-order valence-corrected chi connectivity index (χ4v) is 2.70. The van der Waals surface area contributed by atoms with Crippen molar-refractivity contribution in [1.29, 1.82) is 0 Å². The summed E-state index contributed by atoms with van der Waals surface area (Å²) < 4.78 is 5.56. The quantitative estimate of drug-likeness (QED) is 0.614. The van der Waals surface area contributed by atoms with Gasteiger partial charge in [-0.1, -0.05) is 18.2 Å². The number of rotatable bonds is 5. The topological polar surface area (TPSA) is 46.6 Å². The van der Waals surface area contributed by atoms with E-state index in [-0.39, 0.29) is 23.8 Å². The molecular weight excluding hydrogens is 286 g/mol. The van der Waals surface area contributed by atoms with Crippen molar-refractivity contribution >= 4 is 29.0 Å². The van der Waals surface area contributed by atoms with Gasteiger partial charge in [0.2, 0.25) is 0 Å². The second kappa shape index (κ2) is 6.63. The number of ether oxygens (including phenoxy) is 1. The minimum Gasteiger partial charge on any atom is -0.491 e. The second-order valence-electron chi connectivity index (χ2n) is 4.82. The van der Waals surface area contributed by atoms with E-state index in [2.05, 4.69) is 6.58 Å². The van der Waals surface area contributed by atoms with Crippen molar-refractivity contribution < 1.29 is 14.3 Å². The van der Waals surface area contributed by atoms with Crippen LogP contribution in [-0.2, 0) is 4.79 Å². The van der Waals surface area contributed by atoms with Crippen LogP contribution in [0.25, 0.3) is 6.08 Å². The van der Waals surface area contributed by atoms with Gasteiger partial charge in [-0.15, -0.1) is 6.58 Å². The number of imide groups is 1. The third kappa shape index (κ3) is 3.76. The van der Waals surface area contributed by atoms with Gasteiger partial charge in [0.1, 0.15) is 5.75 Å². The van der Waals surface area contributed by atoms with E-state index >= 15 is 0 Å². The summed E-state index contributed by atoms with van der Waals surface area (Å²) in [6.45, 7) is 7.71. The first-order valence-corrected chi connectivity index (χ1v) is 7.46.